The smallest absolute Gasteiger partial charge is 0.337 e. The molecule has 8 nitrogen and oxygen atoms in total. The first kappa shape index (κ1) is 27.6. The summed E-state index contributed by atoms with van der Waals surface area (Å²) in [6.45, 7) is 4.69. The second kappa shape index (κ2) is 12.0. The molecule has 2 aromatic carbocycles. The maximum atomic E-state index is 13.7. The van der Waals surface area contributed by atoms with E-state index in [2.05, 4.69) is 50.2 Å². The maximum Gasteiger partial charge on any atom is 0.337 e. The molecule has 3 aromatic rings. The molecule has 0 radical (unpaired) electrons. The molecule has 194 valence electrons. The highest BCUT2D eigenvalue weighted by atomic mass is 127. The Morgan fingerprint density at radius 1 is 1.08 bits per heavy atom. The molecule has 11 heteroatoms. The number of carbonyl (C=O) groups excluding carboxylic acids is 1. The molecule has 1 aliphatic rings. The van der Waals surface area contributed by atoms with Crippen LogP contribution in [0.2, 0.25) is 0 Å². The molecular weight excluding hydrogens is 722 g/mol. The number of methoxy groups -OCH3 is 2. The van der Waals surface area contributed by atoms with Gasteiger partial charge in [0, 0.05) is 6.20 Å². The number of halogens is 2. The Labute approximate surface area is 244 Å². The van der Waals surface area contributed by atoms with Gasteiger partial charge in [-0.2, -0.15) is 0 Å². The Morgan fingerprint density at radius 2 is 1.76 bits per heavy atom. The summed E-state index contributed by atoms with van der Waals surface area (Å²) in [5.41, 5.74) is 1.54. The molecule has 0 bridgehead atoms. The van der Waals surface area contributed by atoms with E-state index in [0.29, 0.717) is 39.6 Å². The van der Waals surface area contributed by atoms with Crippen LogP contribution in [-0.2, 0) is 9.53 Å². The van der Waals surface area contributed by atoms with Gasteiger partial charge in [0.25, 0.3) is 5.56 Å². The summed E-state index contributed by atoms with van der Waals surface area (Å²) in [4.78, 5) is 31.4. The number of carbonyl (C=O) groups is 1. The molecule has 0 saturated carbocycles. The van der Waals surface area contributed by atoms with E-state index in [1.54, 1.807) is 19.2 Å². The van der Waals surface area contributed by atoms with Gasteiger partial charge in [0.2, 0.25) is 0 Å². The average Bonchev–Trinajstić information content (AvgIpc) is 3.19. The lowest BCUT2D eigenvalue weighted by Gasteiger charge is -2.23. The molecule has 0 spiro atoms. The minimum atomic E-state index is -0.739. The first-order chi connectivity index (χ1) is 17.8. The normalized spacial score (nSPS) is 14.9. The number of thiazole rings is 1. The molecule has 0 amide bonds. The molecule has 1 atom stereocenters. The number of fused-ring (bicyclic) bond motifs is 1. The van der Waals surface area contributed by atoms with Crippen molar-refractivity contribution in [2.75, 3.05) is 27.4 Å². The molecule has 0 fully saturated rings. The van der Waals surface area contributed by atoms with Gasteiger partial charge < -0.3 is 18.9 Å². The lowest BCUT2D eigenvalue weighted by molar-refractivity contribution is -0.136. The Kier molecular flexibility index (Phi) is 8.95. The van der Waals surface area contributed by atoms with Gasteiger partial charge in [-0.15, -0.1) is 0 Å². The fourth-order valence-electron chi connectivity index (χ4n) is 4.00. The lowest BCUT2D eigenvalue weighted by Crippen LogP contribution is -2.39. The standard InChI is InChI=1S/C26H24I2N2O6S/c1-5-35-19-8-7-15(12-20(19)36-6-2)22-16(25(32)34-4)13-29-26-30(22)24(31)21(37-26)11-14-9-17(27)23(33-3)18(28)10-14/h7-13,22H,5-6H2,1-4H3/b21-11-/t22-/m1/s1. The third-order valence-corrected chi connectivity index (χ3v) is 8.13. The van der Waals surface area contributed by atoms with Crippen molar-refractivity contribution in [3.05, 3.63) is 80.1 Å². The zero-order chi connectivity index (χ0) is 26.7. The van der Waals surface area contributed by atoms with E-state index in [1.807, 2.05) is 38.1 Å². The van der Waals surface area contributed by atoms with Gasteiger partial charge in [-0.1, -0.05) is 17.4 Å². The predicted molar refractivity (Wildman–Crippen MR) is 158 cm³/mol. The van der Waals surface area contributed by atoms with Crippen molar-refractivity contribution >= 4 is 68.6 Å². The molecular formula is C26H24I2N2O6S. The Balaban J connectivity index is 1.90. The Morgan fingerprint density at radius 3 is 2.38 bits per heavy atom. The van der Waals surface area contributed by atoms with Gasteiger partial charge in [0.1, 0.15) is 5.75 Å². The van der Waals surface area contributed by atoms with E-state index in [1.165, 1.54) is 29.2 Å². The molecule has 2 heterocycles. The van der Waals surface area contributed by atoms with Crippen molar-refractivity contribution in [3.63, 3.8) is 0 Å². The van der Waals surface area contributed by atoms with Gasteiger partial charge in [-0.25, -0.2) is 9.79 Å². The zero-order valence-corrected chi connectivity index (χ0v) is 25.7. The van der Waals surface area contributed by atoms with Crippen LogP contribution in [0.4, 0.5) is 0 Å². The van der Waals surface area contributed by atoms with E-state index in [-0.39, 0.29) is 11.1 Å². The summed E-state index contributed by atoms with van der Waals surface area (Å²) in [5, 5.41) is 0. The third-order valence-electron chi connectivity index (χ3n) is 5.53. The van der Waals surface area contributed by atoms with Crippen LogP contribution in [0.15, 0.2) is 51.9 Å². The van der Waals surface area contributed by atoms with Crippen molar-refractivity contribution in [3.8, 4) is 17.2 Å². The Bertz CT molecular complexity index is 1540. The summed E-state index contributed by atoms with van der Waals surface area (Å²) in [7, 11) is 2.94. The second-order valence-electron chi connectivity index (χ2n) is 7.77. The molecule has 0 N–H and O–H groups in total. The quantitative estimate of drug-likeness (QED) is 0.256. The van der Waals surface area contributed by atoms with Gasteiger partial charge in [-0.3, -0.25) is 9.36 Å². The number of ether oxygens (including phenoxy) is 4. The summed E-state index contributed by atoms with van der Waals surface area (Å²) in [6, 6.07) is 8.58. The fourth-order valence-corrected chi connectivity index (χ4v) is 7.22. The minimum absolute atomic E-state index is 0.251. The average molecular weight is 746 g/mol. The first-order valence-electron chi connectivity index (χ1n) is 11.3. The Hall–Kier alpha value is -2.39. The lowest BCUT2D eigenvalue weighted by atomic mass is 9.97. The monoisotopic (exact) mass is 746 g/mol. The van der Waals surface area contributed by atoms with E-state index in [4.69, 9.17) is 18.9 Å². The molecule has 4 rings (SSSR count). The largest absolute Gasteiger partial charge is 0.495 e. The number of esters is 1. The summed E-state index contributed by atoms with van der Waals surface area (Å²) in [6.07, 6.45) is 3.30. The number of benzene rings is 2. The molecule has 37 heavy (non-hydrogen) atoms. The number of hydrogen-bond donors (Lipinski definition) is 0. The second-order valence-corrected chi connectivity index (χ2v) is 11.1. The van der Waals surface area contributed by atoms with Crippen LogP contribution in [-0.4, -0.2) is 38.0 Å². The molecule has 1 aromatic heterocycles. The number of rotatable bonds is 8. The number of aromatic nitrogens is 1. The molecule has 0 unspecified atom stereocenters. The highest BCUT2D eigenvalue weighted by Crippen LogP contribution is 2.35. The molecule has 1 aliphatic heterocycles. The van der Waals surface area contributed by atoms with E-state index >= 15 is 0 Å². The summed E-state index contributed by atoms with van der Waals surface area (Å²) >= 11 is 5.69. The molecule has 0 aliphatic carbocycles. The van der Waals surface area contributed by atoms with Crippen LogP contribution in [0.25, 0.3) is 6.08 Å². The van der Waals surface area contributed by atoms with Crippen LogP contribution in [0, 0.1) is 7.14 Å². The highest BCUT2D eigenvalue weighted by Gasteiger charge is 2.31. The first-order valence-corrected chi connectivity index (χ1v) is 14.3. The van der Waals surface area contributed by atoms with Crippen molar-refractivity contribution < 1.29 is 23.7 Å². The van der Waals surface area contributed by atoms with Gasteiger partial charge in [-0.05, 0) is 100 Å². The van der Waals surface area contributed by atoms with Crippen molar-refractivity contribution in [2.24, 2.45) is 4.99 Å². The number of nitrogens with zero attached hydrogens (tertiary/aromatic N) is 2. The summed E-state index contributed by atoms with van der Waals surface area (Å²) < 4.78 is 25.9. The van der Waals surface area contributed by atoms with Gasteiger partial charge in [0.05, 0.1) is 50.7 Å². The van der Waals surface area contributed by atoms with Crippen molar-refractivity contribution in [2.45, 2.75) is 19.9 Å². The van der Waals surface area contributed by atoms with Crippen LogP contribution < -0.4 is 29.1 Å². The summed E-state index contributed by atoms with van der Waals surface area (Å²) in [5.74, 6) is 1.36. The molecule has 0 saturated heterocycles. The van der Waals surface area contributed by atoms with E-state index in [9.17, 15) is 9.59 Å². The van der Waals surface area contributed by atoms with Crippen LogP contribution in [0.1, 0.15) is 31.0 Å². The highest BCUT2D eigenvalue weighted by molar-refractivity contribution is 14.1. The van der Waals surface area contributed by atoms with Gasteiger partial charge in [0.15, 0.2) is 16.3 Å². The number of hydrogen-bond acceptors (Lipinski definition) is 8. The van der Waals surface area contributed by atoms with Crippen molar-refractivity contribution in [1.29, 1.82) is 0 Å². The predicted octanol–water partition coefficient (Wildman–Crippen LogP) is 4.03. The van der Waals surface area contributed by atoms with Crippen molar-refractivity contribution in [1.82, 2.24) is 4.57 Å². The van der Waals surface area contributed by atoms with Crippen LogP contribution >= 0.6 is 56.5 Å². The minimum Gasteiger partial charge on any atom is -0.495 e. The van der Waals surface area contributed by atoms with E-state index in [0.717, 1.165) is 18.5 Å². The SMILES string of the molecule is CCOc1ccc([C@@H]2C(C(=O)OC)=CN=c3s/c(=C\c4cc(I)c(OC)c(I)c4)c(=O)n32)cc1OCC. The third kappa shape index (κ3) is 5.58. The fraction of sp³-hybridized carbons (Fsp3) is 0.269. The van der Waals surface area contributed by atoms with Gasteiger partial charge >= 0.3 is 5.97 Å². The maximum absolute atomic E-state index is 13.7. The van der Waals surface area contributed by atoms with Crippen LogP contribution in [0.5, 0.6) is 17.2 Å². The van der Waals surface area contributed by atoms with E-state index < -0.39 is 12.0 Å². The topological polar surface area (TPSA) is 88.4 Å². The zero-order valence-electron chi connectivity index (χ0n) is 20.5. The van der Waals surface area contributed by atoms with Crippen LogP contribution in [0.3, 0.4) is 0 Å².